The van der Waals surface area contributed by atoms with Gasteiger partial charge >= 0.3 is 0 Å². The second-order valence-electron chi connectivity index (χ2n) is 6.65. The average molecular weight is 444 g/mol. The zero-order valence-electron chi connectivity index (χ0n) is 15.1. The summed E-state index contributed by atoms with van der Waals surface area (Å²) in [5.41, 5.74) is 2.41. The second kappa shape index (κ2) is 9.04. The summed E-state index contributed by atoms with van der Waals surface area (Å²) in [7, 11) is 0. The lowest BCUT2D eigenvalue weighted by atomic mass is 10.1. The summed E-state index contributed by atoms with van der Waals surface area (Å²) in [6.07, 6.45) is 3.60. The van der Waals surface area contributed by atoms with E-state index in [0.717, 1.165) is 59.2 Å². The zero-order chi connectivity index (χ0) is 18.5. The highest BCUT2D eigenvalue weighted by molar-refractivity contribution is 9.10. The van der Waals surface area contributed by atoms with Gasteiger partial charge in [-0.2, -0.15) is 0 Å². The van der Waals surface area contributed by atoms with E-state index in [1.807, 2.05) is 12.1 Å². The highest BCUT2D eigenvalue weighted by Crippen LogP contribution is 2.28. The van der Waals surface area contributed by atoms with Crippen LogP contribution < -0.4 is 0 Å². The Morgan fingerprint density at radius 1 is 1.07 bits per heavy atom. The van der Waals surface area contributed by atoms with Gasteiger partial charge in [-0.3, -0.25) is 0 Å². The van der Waals surface area contributed by atoms with Gasteiger partial charge in [-0.1, -0.05) is 70.2 Å². The minimum absolute atomic E-state index is 0.338. The highest BCUT2D eigenvalue weighted by Gasteiger charge is 2.19. The number of nitrogens with zero attached hydrogens (tertiary/aromatic N) is 3. The van der Waals surface area contributed by atoms with Gasteiger partial charge in [0.2, 0.25) is 0 Å². The standard InChI is InChI=1S/C21H22BrN3OS/c22-18-10-8-17(9-11-18)20-23-24-21(27-15-19-7-4-14-26-19)25(20)13-12-16-5-2-1-3-6-16/h1-3,5-6,8-11,19H,4,7,12-15H2/t19-/m1/s1. The van der Waals surface area contributed by atoms with Crippen LogP contribution in [0.15, 0.2) is 64.2 Å². The first-order valence-corrected chi connectivity index (χ1v) is 11.0. The molecule has 0 radical (unpaired) electrons. The van der Waals surface area contributed by atoms with Crippen molar-refractivity contribution in [3.8, 4) is 11.4 Å². The van der Waals surface area contributed by atoms with Gasteiger partial charge in [0.25, 0.3) is 0 Å². The van der Waals surface area contributed by atoms with E-state index in [2.05, 4.69) is 73.2 Å². The summed E-state index contributed by atoms with van der Waals surface area (Å²) < 4.78 is 9.08. The zero-order valence-corrected chi connectivity index (χ0v) is 17.5. The Balaban J connectivity index is 1.56. The molecule has 0 saturated carbocycles. The van der Waals surface area contributed by atoms with Gasteiger partial charge < -0.3 is 9.30 Å². The van der Waals surface area contributed by atoms with Crippen LogP contribution >= 0.6 is 27.7 Å². The summed E-state index contributed by atoms with van der Waals surface area (Å²) in [5, 5.41) is 9.98. The van der Waals surface area contributed by atoms with Gasteiger partial charge in [-0.25, -0.2) is 0 Å². The topological polar surface area (TPSA) is 39.9 Å². The quantitative estimate of drug-likeness (QED) is 0.469. The smallest absolute Gasteiger partial charge is 0.191 e. The lowest BCUT2D eigenvalue weighted by Gasteiger charge is -2.12. The minimum Gasteiger partial charge on any atom is -0.377 e. The second-order valence-corrected chi connectivity index (χ2v) is 8.55. The average Bonchev–Trinajstić information content (AvgIpc) is 3.36. The van der Waals surface area contributed by atoms with Crippen LogP contribution in [0, 0.1) is 0 Å². The SMILES string of the molecule is Brc1ccc(-c2nnc(SC[C@H]3CCCO3)n2CCc2ccccc2)cc1. The number of aryl methyl sites for hydroxylation is 1. The van der Waals surface area contributed by atoms with Gasteiger partial charge in [-0.15, -0.1) is 10.2 Å². The molecule has 1 atom stereocenters. The first kappa shape index (κ1) is 18.7. The number of ether oxygens (including phenoxy) is 1. The molecule has 0 N–H and O–H groups in total. The lowest BCUT2D eigenvalue weighted by Crippen LogP contribution is -2.10. The van der Waals surface area contributed by atoms with Crippen LogP contribution in [0.1, 0.15) is 18.4 Å². The molecule has 2 aromatic carbocycles. The van der Waals surface area contributed by atoms with Crippen molar-refractivity contribution < 1.29 is 4.74 Å². The highest BCUT2D eigenvalue weighted by atomic mass is 79.9. The maximum atomic E-state index is 5.76. The van der Waals surface area contributed by atoms with E-state index in [1.165, 1.54) is 5.56 Å². The predicted molar refractivity (Wildman–Crippen MR) is 113 cm³/mol. The third-order valence-corrected chi connectivity index (χ3v) is 6.34. The normalized spacial score (nSPS) is 16.7. The summed E-state index contributed by atoms with van der Waals surface area (Å²) in [5.74, 6) is 1.86. The van der Waals surface area contributed by atoms with E-state index in [-0.39, 0.29) is 0 Å². The molecule has 4 nitrogen and oxygen atoms in total. The maximum absolute atomic E-state index is 5.76. The van der Waals surface area contributed by atoms with Crippen LogP contribution in [0.3, 0.4) is 0 Å². The number of benzene rings is 2. The number of aromatic nitrogens is 3. The number of hydrogen-bond donors (Lipinski definition) is 0. The van der Waals surface area contributed by atoms with E-state index in [4.69, 9.17) is 4.74 Å². The van der Waals surface area contributed by atoms with Crippen molar-refractivity contribution in [2.75, 3.05) is 12.4 Å². The Morgan fingerprint density at radius 2 is 1.89 bits per heavy atom. The van der Waals surface area contributed by atoms with Crippen LogP contribution in [-0.2, 0) is 17.7 Å². The van der Waals surface area contributed by atoms with Crippen molar-refractivity contribution in [1.29, 1.82) is 0 Å². The number of halogens is 1. The molecule has 1 aliphatic heterocycles. The number of rotatable bonds is 7. The van der Waals surface area contributed by atoms with Crippen molar-refractivity contribution >= 4 is 27.7 Å². The van der Waals surface area contributed by atoms with E-state index in [0.29, 0.717) is 6.10 Å². The Hall–Kier alpha value is -1.63. The van der Waals surface area contributed by atoms with Crippen LogP contribution in [0.5, 0.6) is 0 Å². The molecule has 1 aliphatic rings. The molecule has 4 rings (SSSR count). The minimum atomic E-state index is 0.338. The fourth-order valence-corrected chi connectivity index (χ4v) is 4.53. The molecular weight excluding hydrogens is 422 g/mol. The molecule has 6 heteroatoms. The Labute approximate surface area is 172 Å². The number of hydrogen-bond acceptors (Lipinski definition) is 4. The van der Waals surface area contributed by atoms with E-state index >= 15 is 0 Å². The van der Waals surface area contributed by atoms with Crippen LogP contribution in [0.4, 0.5) is 0 Å². The molecule has 1 saturated heterocycles. The van der Waals surface area contributed by atoms with Gasteiger partial charge in [0.05, 0.1) is 6.10 Å². The van der Waals surface area contributed by atoms with Gasteiger partial charge in [0, 0.05) is 28.9 Å². The molecule has 0 bridgehead atoms. The molecule has 0 spiro atoms. The molecule has 3 aromatic rings. The van der Waals surface area contributed by atoms with E-state index in [1.54, 1.807) is 11.8 Å². The maximum Gasteiger partial charge on any atom is 0.191 e. The Morgan fingerprint density at radius 3 is 2.63 bits per heavy atom. The van der Waals surface area contributed by atoms with Crippen molar-refractivity contribution in [3.05, 3.63) is 64.6 Å². The Bertz CT molecular complexity index is 861. The Kier molecular flexibility index (Phi) is 6.27. The first-order valence-electron chi connectivity index (χ1n) is 9.27. The predicted octanol–water partition coefficient (Wildman–Crippen LogP) is 5.22. The van der Waals surface area contributed by atoms with Crippen LogP contribution in [0.2, 0.25) is 0 Å². The summed E-state index contributed by atoms with van der Waals surface area (Å²) in [6.45, 7) is 1.74. The summed E-state index contributed by atoms with van der Waals surface area (Å²) >= 11 is 5.26. The van der Waals surface area contributed by atoms with Crippen molar-refractivity contribution in [1.82, 2.24) is 14.8 Å². The van der Waals surface area contributed by atoms with Crippen molar-refractivity contribution in [3.63, 3.8) is 0 Å². The molecule has 1 aromatic heterocycles. The molecule has 140 valence electrons. The van der Waals surface area contributed by atoms with Gasteiger partial charge in [-0.05, 0) is 37.0 Å². The molecule has 0 aliphatic carbocycles. The third-order valence-electron chi connectivity index (χ3n) is 4.71. The third kappa shape index (κ3) is 4.81. The summed E-state index contributed by atoms with van der Waals surface area (Å²) in [4.78, 5) is 0. The van der Waals surface area contributed by atoms with Gasteiger partial charge in [0.15, 0.2) is 11.0 Å². The van der Waals surface area contributed by atoms with Gasteiger partial charge in [0.1, 0.15) is 0 Å². The summed E-state index contributed by atoms with van der Waals surface area (Å²) in [6, 6.07) is 18.8. The monoisotopic (exact) mass is 443 g/mol. The van der Waals surface area contributed by atoms with Crippen LogP contribution in [0.25, 0.3) is 11.4 Å². The van der Waals surface area contributed by atoms with Crippen molar-refractivity contribution in [2.24, 2.45) is 0 Å². The molecular formula is C21H22BrN3OS. The molecule has 27 heavy (non-hydrogen) atoms. The molecule has 1 fully saturated rings. The largest absolute Gasteiger partial charge is 0.377 e. The number of thioether (sulfide) groups is 1. The molecule has 0 unspecified atom stereocenters. The fourth-order valence-electron chi connectivity index (χ4n) is 3.24. The van der Waals surface area contributed by atoms with Crippen molar-refractivity contribution in [2.45, 2.75) is 37.1 Å². The van der Waals surface area contributed by atoms with Crippen LogP contribution in [-0.4, -0.2) is 33.2 Å². The first-order chi connectivity index (χ1) is 13.3. The van der Waals surface area contributed by atoms with E-state index < -0.39 is 0 Å². The fraction of sp³-hybridized carbons (Fsp3) is 0.333. The van der Waals surface area contributed by atoms with E-state index in [9.17, 15) is 0 Å². The molecule has 0 amide bonds. The molecule has 2 heterocycles. The lowest BCUT2D eigenvalue weighted by molar-refractivity contribution is 0.129.